The molecule has 3 aromatic carbocycles. The van der Waals surface area contributed by atoms with Gasteiger partial charge in [-0.25, -0.2) is 4.79 Å². The summed E-state index contributed by atoms with van der Waals surface area (Å²) in [6.07, 6.45) is -0.149. The van der Waals surface area contributed by atoms with Crippen molar-refractivity contribution in [2.24, 2.45) is 0 Å². The van der Waals surface area contributed by atoms with Crippen LogP contribution in [-0.2, 0) is 9.53 Å². The van der Waals surface area contributed by atoms with Gasteiger partial charge < -0.3 is 14.8 Å². The van der Waals surface area contributed by atoms with Crippen molar-refractivity contribution >= 4 is 28.3 Å². The zero-order valence-electron chi connectivity index (χ0n) is 15.3. The van der Waals surface area contributed by atoms with Crippen molar-refractivity contribution in [3.8, 4) is 5.75 Å². The van der Waals surface area contributed by atoms with Gasteiger partial charge in [0.2, 0.25) is 0 Å². The summed E-state index contributed by atoms with van der Waals surface area (Å²) in [5.74, 6) is -0.0593. The number of hydrogen-bond donors (Lipinski definition) is 1. The molecule has 3 rings (SSSR count). The number of carbonyl (C=O) groups is 2. The average Bonchev–Trinajstić information content (AvgIpc) is 2.71. The minimum atomic E-state index is -0.655. The number of rotatable bonds is 6. The fraction of sp³-hybridized carbons (Fsp3) is 0.182. The lowest BCUT2D eigenvalue weighted by molar-refractivity contribution is -0.122. The van der Waals surface area contributed by atoms with Crippen LogP contribution < -0.4 is 10.1 Å². The van der Waals surface area contributed by atoms with Gasteiger partial charge in [0.25, 0.3) is 5.91 Å². The van der Waals surface area contributed by atoms with E-state index in [9.17, 15) is 9.59 Å². The monoisotopic (exact) mass is 363 g/mol. The molecule has 0 saturated heterocycles. The summed E-state index contributed by atoms with van der Waals surface area (Å²) in [5, 5.41) is 4.82. The number of anilines is 1. The molecule has 0 radical (unpaired) electrons. The van der Waals surface area contributed by atoms with E-state index in [1.54, 1.807) is 24.3 Å². The topological polar surface area (TPSA) is 64.6 Å². The molecule has 5 heteroatoms. The second-order valence-corrected chi connectivity index (χ2v) is 6.05. The summed E-state index contributed by atoms with van der Waals surface area (Å²) in [7, 11) is 1.32. The lowest BCUT2D eigenvalue weighted by Crippen LogP contribution is -2.32. The van der Waals surface area contributed by atoms with Gasteiger partial charge in [0.05, 0.1) is 12.7 Å². The van der Waals surface area contributed by atoms with Crippen molar-refractivity contribution < 1.29 is 19.1 Å². The second-order valence-electron chi connectivity index (χ2n) is 6.05. The maximum absolute atomic E-state index is 12.7. The van der Waals surface area contributed by atoms with E-state index in [0.717, 1.165) is 10.8 Å². The van der Waals surface area contributed by atoms with Crippen LogP contribution in [0.2, 0.25) is 0 Å². The minimum absolute atomic E-state index is 0.271. The maximum Gasteiger partial charge on any atom is 0.337 e. The van der Waals surface area contributed by atoms with Crippen LogP contribution in [0.4, 0.5) is 5.69 Å². The maximum atomic E-state index is 12.7. The van der Waals surface area contributed by atoms with Crippen LogP contribution in [0, 0.1) is 0 Å². The molecule has 138 valence electrons. The van der Waals surface area contributed by atoms with Gasteiger partial charge in [0.15, 0.2) is 6.10 Å². The predicted molar refractivity (Wildman–Crippen MR) is 105 cm³/mol. The highest BCUT2D eigenvalue weighted by atomic mass is 16.5. The Morgan fingerprint density at radius 1 is 1.00 bits per heavy atom. The van der Waals surface area contributed by atoms with Gasteiger partial charge in [-0.1, -0.05) is 49.4 Å². The fourth-order valence-electron chi connectivity index (χ4n) is 2.84. The van der Waals surface area contributed by atoms with Gasteiger partial charge in [-0.05, 0) is 36.1 Å². The molecule has 0 aliphatic rings. The van der Waals surface area contributed by atoms with Crippen molar-refractivity contribution in [2.75, 3.05) is 12.4 Å². The third-order valence-electron chi connectivity index (χ3n) is 4.23. The Hall–Kier alpha value is -3.34. The molecule has 3 aromatic rings. The van der Waals surface area contributed by atoms with E-state index >= 15 is 0 Å². The van der Waals surface area contributed by atoms with Crippen LogP contribution in [0.3, 0.4) is 0 Å². The van der Waals surface area contributed by atoms with Crippen molar-refractivity contribution in [3.05, 3.63) is 72.3 Å². The van der Waals surface area contributed by atoms with Gasteiger partial charge in [-0.2, -0.15) is 0 Å². The van der Waals surface area contributed by atoms with Crippen LogP contribution in [0.15, 0.2) is 66.7 Å². The largest absolute Gasteiger partial charge is 0.480 e. The van der Waals surface area contributed by atoms with Crippen molar-refractivity contribution in [1.82, 2.24) is 0 Å². The molecule has 0 aliphatic carbocycles. The quantitative estimate of drug-likeness (QED) is 0.658. The summed E-state index contributed by atoms with van der Waals surface area (Å²) in [6.45, 7) is 1.89. The van der Waals surface area contributed by atoms with Gasteiger partial charge >= 0.3 is 5.97 Å². The number of ether oxygens (including phenoxy) is 2. The Bertz CT molecular complexity index is 962. The van der Waals surface area contributed by atoms with Crippen LogP contribution in [0.1, 0.15) is 23.7 Å². The molecule has 0 fully saturated rings. The van der Waals surface area contributed by atoms with Crippen LogP contribution >= 0.6 is 0 Å². The summed E-state index contributed by atoms with van der Waals surface area (Å²) in [5.41, 5.74) is 0.890. The van der Waals surface area contributed by atoms with E-state index in [1.807, 2.05) is 49.4 Å². The number of carbonyl (C=O) groups excluding carboxylic acids is 2. The minimum Gasteiger partial charge on any atom is -0.480 e. The van der Waals surface area contributed by atoms with Crippen molar-refractivity contribution in [1.29, 1.82) is 0 Å². The first-order valence-corrected chi connectivity index (χ1v) is 8.76. The molecular weight excluding hydrogens is 342 g/mol. The summed E-state index contributed by atoms with van der Waals surface area (Å²) < 4.78 is 10.7. The van der Waals surface area contributed by atoms with Crippen LogP contribution in [-0.4, -0.2) is 25.1 Å². The van der Waals surface area contributed by atoms with Gasteiger partial charge in [0.1, 0.15) is 5.75 Å². The molecule has 0 heterocycles. The van der Waals surface area contributed by atoms with Crippen molar-refractivity contribution in [2.45, 2.75) is 19.4 Å². The summed E-state index contributed by atoms with van der Waals surface area (Å²) in [4.78, 5) is 24.3. The third kappa shape index (κ3) is 4.26. The Kier molecular flexibility index (Phi) is 5.71. The van der Waals surface area contributed by atoms with E-state index < -0.39 is 12.1 Å². The molecule has 0 bridgehead atoms. The van der Waals surface area contributed by atoms with Gasteiger partial charge in [0, 0.05) is 11.1 Å². The zero-order chi connectivity index (χ0) is 19.2. The normalized spacial score (nSPS) is 11.6. The number of methoxy groups -OCH3 is 1. The molecule has 0 saturated carbocycles. The summed E-state index contributed by atoms with van der Waals surface area (Å²) >= 11 is 0. The highest BCUT2D eigenvalue weighted by Gasteiger charge is 2.20. The number of amides is 1. The Balaban J connectivity index is 1.77. The Morgan fingerprint density at radius 3 is 2.52 bits per heavy atom. The molecule has 27 heavy (non-hydrogen) atoms. The highest BCUT2D eigenvalue weighted by molar-refractivity contribution is 5.97. The lowest BCUT2D eigenvalue weighted by atomic mass is 10.1. The highest BCUT2D eigenvalue weighted by Crippen LogP contribution is 2.26. The molecule has 0 spiro atoms. The van der Waals surface area contributed by atoms with E-state index in [4.69, 9.17) is 9.47 Å². The first-order valence-electron chi connectivity index (χ1n) is 8.76. The van der Waals surface area contributed by atoms with E-state index in [-0.39, 0.29) is 5.91 Å². The number of fused-ring (bicyclic) bond motifs is 1. The third-order valence-corrected chi connectivity index (χ3v) is 4.23. The number of esters is 1. The predicted octanol–water partition coefficient (Wildman–Crippen LogP) is 4.42. The standard InChI is InChI=1S/C22H21NO4/c1-3-19(27-20-13-7-9-15-8-4-5-12-18(15)20)21(24)23-17-11-6-10-16(14-17)22(25)26-2/h4-14,19H,3H2,1-2H3,(H,23,24)/t19-/m0/s1. The molecule has 0 aromatic heterocycles. The Labute approximate surface area is 157 Å². The molecule has 5 nitrogen and oxygen atoms in total. The first-order chi connectivity index (χ1) is 13.1. The van der Waals surface area contributed by atoms with E-state index in [1.165, 1.54) is 7.11 Å². The van der Waals surface area contributed by atoms with Gasteiger partial charge in [-0.15, -0.1) is 0 Å². The first kappa shape index (κ1) is 18.5. The molecule has 1 N–H and O–H groups in total. The number of benzene rings is 3. The molecule has 1 atom stereocenters. The van der Waals surface area contributed by atoms with E-state index in [2.05, 4.69) is 5.32 Å². The smallest absolute Gasteiger partial charge is 0.337 e. The zero-order valence-corrected chi connectivity index (χ0v) is 15.3. The lowest BCUT2D eigenvalue weighted by Gasteiger charge is -2.18. The van der Waals surface area contributed by atoms with Crippen LogP contribution in [0.25, 0.3) is 10.8 Å². The number of nitrogens with one attached hydrogen (secondary N) is 1. The Morgan fingerprint density at radius 2 is 1.74 bits per heavy atom. The van der Waals surface area contributed by atoms with Crippen molar-refractivity contribution in [3.63, 3.8) is 0 Å². The molecule has 0 unspecified atom stereocenters. The molecule has 1 amide bonds. The average molecular weight is 363 g/mol. The SMILES string of the molecule is CC[C@H](Oc1cccc2ccccc12)C(=O)Nc1cccc(C(=O)OC)c1. The van der Waals surface area contributed by atoms with E-state index in [0.29, 0.717) is 23.4 Å². The molecular formula is C22H21NO4. The fourth-order valence-corrected chi connectivity index (χ4v) is 2.84. The summed E-state index contributed by atoms with van der Waals surface area (Å²) in [6, 6.07) is 20.2. The second kappa shape index (κ2) is 8.36. The number of hydrogen-bond acceptors (Lipinski definition) is 4. The van der Waals surface area contributed by atoms with Gasteiger partial charge in [-0.3, -0.25) is 4.79 Å². The molecule has 0 aliphatic heterocycles. The van der Waals surface area contributed by atoms with Crippen LogP contribution in [0.5, 0.6) is 5.75 Å².